The maximum Gasteiger partial charge on any atom is 0.237 e. The molecule has 0 bridgehead atoms. The van der Waals surface area contributed by atoms with Crippen LogP contribution in [0, 0.1) is 0 Å². The van der Waals surface area contributed by atoms with Gasteiger partial charge in [0, 0.05) is 13.1 Å². The van der Waals surface area contributed by atoms with E-state index in [1.165, 1.54) is 5.56 Å². The van der Waals surface area contributed by atoms with Crippen LogP contribution in [0.4, 0.5) is 0 Å². The van der Waals surface area contributed by atoms with Crippen molar-refractivity contribution in [3.05, 3.63) is 35.9 Å². The summed E-state index contributed by atoms with van der Waals surface area (Å²) in [5, 5.41) is 15.2. The summed E-state index contributed by atoms with van der Waals surface area (Å²) in [4.78, 5) is 11.7. The predicted octanol–water partition coefficient (Wildman–Crippen LogP) is 0.0681. The molecule has 92 valence electrons. The van der Waals surface area contributed by atoms with E-state index in [4.69, 9.17) is 0 Å². The van der Waals surface area contributed by atoms with Crippen molar-refractivity contribution in [1.29, 1.82) is 0 Å². The Labute approximate surface area is 101 Å². The first-order chi connectivity index (χ1) is 8.25. The lowest BCUT2D eigenvalue weighted by atomic mass is 10.1. The number of aliphatic hydroxyl groups is 1. The lowest BCUT2D eigenvalue weighted by Gasteiger charge is -2.10. The average molecular weight is 234 g/mol. The summed E-state index contributed by atoms with van der Waals surface area (Å²) >= 11 is 0. The van der Waals surface area contributed by atoms with Gasteiger partial charge in [0.05, 0.1) is 12.1 Å². The Morgan fingerprint density at radius 2 is 2.18 bits per heavy atom. The molecular formula is C13H18N2O2. The van der Waals surface area contributed by atoms with E-state index in [1.807, 2.05) is 30.3 Å². The molecule has 1 amide bonds. The lowest BCUT2D eigenvalue weighted by Crippen LogP contribution is -2.41. The van der Waals surface area contributed by atoms with Crippen LogP contribution in [0.15, 0.2) is 30.3 Å². The number of amides is 1. The smallest absolute Gasteiger partial charge is 0.237 e. The lowest BCUT2D eigenvalue weighted by molar-refractivity contribution is -0.122. The van der Waals surface area contributed by atoms with E-state index < -0.39 is 0 Å². The molecule has 1 aliphatic rings. The number of benzene rings is 1. The normalized spacial score (nSPS) is 23.6. The van der Waals surface area contributed by atoms with Gasteiger partial charge in [-0.1, -0.05) is 30.3 Å². The molecule has 4 nitrogen and oxygen atoms in total. The molecule has 0 radical (unpaired) electrons. The third-order valence-electron chi connectivity index (χ3n) is 2.98. The molecule has 4 heteroatoms. The van der Waals surface area contributed by atoms with Gasteiger partial charge in [-0.25, -0.2) is 0 Å². The second kappa shape index (κ2) is 5.80. The fourth-order valence-electron chi connectivity index (χ4n) is 2.01. The molecule has 1 fully saturated rings. The van der Waals surface area contributed by atoms with Crippen LogP contribution in [0.3, 0.4) is 0 Å². The molecule has 1 aliphatic heterocycles. The first-order valence-corrected chi connectivity index (χ1v) is 5.99. The van der Waals surface area contributed by atoms with Crippen molar-refractivity contribution in [2.75, 3.05) is 13.1 Å². The second-order valence-corrected chi connectivity index (χ2v) is 4.38. The van der Waals surface area contributed by atoms with Gasteiger partial charge in [-0.3, -0.25) is 4.79 Å². The van der Waals surface area contributed by atoms with Crippen molar-refractivity contribution in [2.24, 2.45) is 0 Å². The zero-order valence-corrected chi connectivity index (χ0v) is 9.73. The number of carbonyl (C=O) groups is 1. The van der Waals surface area contributed by atoms with Crippen LogP contribution in [-0.4, -0.2) is 36.2 Å². The fourth-order valence-corrected chi connectivity index (χ4v) is 2.01. The van der Waals surface area contributed by atoms with E-state index in [0.29, 0.717) is 19.5 Å². The van der Waals surface area contributed by atoms with Gasteiger partial charge in [0.25, 0.3) is 0 Å². The SMILES string of the molecule is O=C(NCCc1ccccc1)C1CC(O)CN1. The summed E-state index contributed by atoms with van der Waals surface area (Å²) in [6.45, 7) is 1.15. The van der Waals surface area contributed by atoms with Gasteiger partial charge in [-0.15, -0.1) is 0 Å². The zero-order chi connectivity index (χ0) is 12.1. The fraction of sp³-hybridized carbons (Fsp3) is 0.462. The van der Waals surface area contributed by atoms with Gasteiger partial charge in [-0.05, 0) is 18.4 Å². The van der Waals surface area contributed by atoms with Gasteiger partial charge in [0.2, 0.25) is 5.91 Å². The first-order valence-electron chi connectivity index (χ1n) is 5.99. The number of aliphatic hydroxyl groups excluding tert-OH is 1. The number of nitrogens with one attached hydrogen (secondary N) is 2. The van der Waals surface area contributed by atoms with E-state index in [9.17, 15) is 9.90 Å². The first kappa shape index (κ1) is 12.1. The Kier molecular flexibility index (Phi) is 4.12. The summed E-state index contributed by atoms with van der Waals surface area (Å²) in [6, 6.07) is 9.82. The third-order valence-corrected chi connectivity index (χ3v) is 2.98. The number of hydrogen-bond donors (Lipinski definition) is 3. The molecule has 1 heterocycles. The Morgan fingerprint density at radius 3 is 2.82 bits per heavy atom. The van der Waals surface area contributed by atoms with Crippen molar-refractivity contribution >= 4 is 5.91 Å². The van der Waals surface area contributed by atoms with Crippen molar-refractivity contribution in [3.8, 4) is 0 Å². The molecule has 0 saturated carbocycles. The van der Waals surface area contributed by atoms with Crippen LogP contribution in [0.1, 0.15) is 12.0 Å². The molecule has 0 spiro atoms. The minimum absolute atomic E-state index is 0.0162. The topological polar surface area (TPSA) is 61.4 Å². The van der Waals surface area contributed by atoms with Crippen molar-refractivity contribution < 1.29 is 9.90 Å². The molecule has 2 unspecified atom stereocenters. The Balaban J connectivity index is 1.70. The number of β-amino-alcohol motifs (C(OH)–C–C–N with tert-alkyl or cyclic N) is 1. The summed E-state index contributed by atoms with van der Waals surface area (Å²) < 4.78 is 0. The summed E-state index contributed by atoms with van der Waals surface area (Å²) in [7, 11) is 0. The van der Waals surface area contributed by atoms with Gasteiger partial charge < -0.3 is 15.7 Å². The number of rotatable bonds is 4. The minimum Gasteiger partial charge on any atom is -0.392 e. The Bertz CT molecular complexity index is 367. The van der Waals surface area contributed by atoms with E-state index in [-0.39, 0.29) is 18.1 Å². The van der Waals surface area contributed by atoms with Crippen LogP contribution in [-0.2, 0) is 11.2 Å². The predicted molar refractivity (Wildman–Crippen MR) is 65.6 cm³/mol. The minimum atomic E-state index is -0.389. The molecule has 2 atom stereocenters. The molecular weight excluding hydrogens is 216 g/mol. The van der Waals surface area contributed by atoms with Crippen LogP contribution in [0.5, 0.6) is 0 Å². The standard InChI is InChI=1S/C13H18N2O2/c16-11-8-12(15-9-11)13(17)14-7-6-10-4-2-1-3-5-10/h1-5,11-12,15-16H,6-9H2,(H,14,17). The summed E-state index contributed by atoms with van der Waals surface area (Å²) in [5.74, 6) is -0.0162. The van der Waals surface area contributed by atoms with E-state index >= 15 is 0 Å². The molecule has 2 rings (SSSR count). The average Bonchev–Trinajstić information content (AvgIpc) is 2.77. The number of hydrogen-bond acceptors (Lipinski definition) is 3. The van der Waals surface area contributed by atoms with Crippen molar-refractivity contribution in [1.82, 2.24) is 10.6 Å². The van der Waals surface area contributed by atoms with Gasteiger partial charge in [0.15, 0.2) is 0 Å². The highest BCUT2D eigenvalue weighted by molar-refractivity contribution is 5.82. The van der Waals surface area contributed by atoms with Crippen molar-refractivity contribution in [3.63, 3.8) is 0 Å². The maximum atomic E-state index is 11.7. The van der Waals surface area contributed by atoms with Crippen LogP contribution < -0.4 is 10.6 Å². The molecule has 1 aromatic rings. The van der Waals surface area contributed by atoms with E-state index in [2.05, 4.69) is 10.6 Å². The summed E-state index contributed by atoms with van der Waals surface area (Å²) in [6.07, 6.45) is 0.957. The monoisotopic (exact) mass is 234 g/mol. The van der Waals surface area contributed by atoms with Crippen LogP contribution >= 0.6 is 0 Å². The largest absolute Gasteiger partial charge is 0.392 e. The van der Waals surface area contributed by atoms with Crippen molar-refractivity contribution in [2.45, 2.75) is 25.0 Å². The number of carbonyl (C=O) groups excluding carboxylic acids is 1. The molecule has 1 saturated heterocycles. The third kappa shape index (κ3) is 3.54. The highest BCUT2D eigenvalue weighted by atomic mass is 16.3. The van der Waals surface area contributed by atoms with Gasteiger partial charge in [0.1, 0.15) is 0 Å². The summed E-state index contributed by atoms with van der Waals surface area (Å²) in [5.41, 5.74) is 1.22. The molecule has 0 aliphatic carbocycles. The van der Waals surface area contributed by atoms with Crippen LogP contribution in [0.2, 0.25) is 0 Å². The second-order valence-electron chi connectivity index (χ2n) is 4.38. The maximum absolute atomic E-state index is 11.7. The quantitative estimate of drug-likeness (QED) is 0.691. The van der Waals surface area contributed by atoms with E-state index in [0.717, 1.165) is 6.42 Å². The highest BCUT2D eigenvalue weighted by Crippen LogP contribution is 2.06. The highest BCUT2D eigenvalue weighted by Gasteiger charge is 2.27. The Hall–Kier alpha value is -1.39. The van der Waals surface area contributed by atoms with Gasteiger partial charge in [-0.2, -0.15) is 0 Å². The molecule has 0 aromatic heterocycles. The van der Waals surface area contributed by atoms with E-state index in [1.54, 1.807) is 0 Å². The molecule has 3 N–H and O–H groups in total. The zero-order valence-electron chi connectivity index (χ0n) is 9.73. The molecule has 17 heavy (non-hydrogen) atoms. The van der Waals surface area contributed by atoms with Crippen LogP contribution in [0.25, 0.3) is 0 Å². The molecule has 1 aromatic carbocycles. The van der Waals surface area contributed by atoms with Gasteiger partial charge >= 0.3 is 0 Å². The Morgan fingerprint density at radius 1 is 1.41 bits per heavy atom.